The molecule has 0 unspecified atom stereocenters. The van der Waals surface area contributed by atoms with Crippen molar-refractivity contribution in [2.75, 3.05) is 20.2 Å². The van der Waals surface area contributed by atoms with Gasteiger partial charge in [0.15, 0.2) is 0 Å². The molecule has 0 aromatic carbocycles. The van der Waals surface area contributed by atoms with E-state index in [0.717, 1.165) is 13.1 Å². The van der Waals surface area contributed by atoms with Crippen molar-refractivity contribution in [3.63, 3.8) is 0 Å². The number of carbonyl (C=O) groups excluding carboxylic acids is 1. The lowest BCUT2D eigenvalue weighted by Gasteiger charge is -2.45. The quantitative estimate of drug-likeness (QED) is 0.785. The first-order valence-corrected chi connectivity index (χ1v) is 7.85. The number of hydrogen-bond acceptors (Lipinski definition) is 2. The van der Waals surface area contributed by atoms with Gasteiger partial charge >= 0.3 is 0 Å². The average molecular weight is 267 g/mol. The highest BCUT2D eigenvalue weighted by molar-refractivity contribution is 5.76. The van der Waals surface area contributed by atoms with E-state index in [1.165, 1.54) is 38.5 Å². The maximum Gasteiger partial charge on any atom is 0.222 e. The van der Waals surface area contributed by atoms with E-state index in [1.54, 1.807) is 0 Å². The van der Waals surface area contributed by atoms with E-state index in [1.807, 2.05) is 7.11 Å². The highest BCUT2D eigenvalue weighted by Gasteiger charge is 2.38. The third-order valence-corrected chi connectivity index (χ3v) is 5.09. The Balaban J connectivity index is 1.81. The van der Waals surface area contributed by atoms with Crippen molar-refractivity contribution >= 4 is 5.91 Å². The first kappa shape index (κ1) is 14.8. The van der Waals surface area contributed by atoms with Crippen LogP contribution in [-0.4, -0.2) is 37.1 Å². The van der Waals surface area contributed by atoms with Gasteiger partial charge in [-0.3, -0.25) is 4.79 Å². The lowest BCUT2D eigenvalue weighted by atomic mass is 9.67. The smallest absolute Gasteiger partial charge is 0.222 e. The predicted molar refractivity (Wildman–Crippen MR) is 77.0 cm³/mol. The summed E-state index contributed by atoms with van der Waals surface area (Å²) in [6.07, 6.45) is 8.58. The molecule has 3 nitrogen and oxygen atoms in total. The summed E-state index contributed by atoms with van der Waals surface area (Å²) < 4.78 is 5.46. The molecule has 0 aromatic rings. The Hall–Kier alpha value is -0.570. The van der Waals surface area contributed by atoms with Crippen molar-refractivity contribution in [3.8, 4) is 0 Å². The van der Waals surface area contributed by atoms with Gasteiger partial charge in [-0.2, -0.15) is 0 Å². The molecule has 2 rings (SSSR count). The molecule has 0 N–H and O–H groups in total. The Labute approximate surface area is 117 Å². The topological polar surface area (TPSA) is 29.5 Å². The van der Waals surface area contributed by atoms with Crippen molar-refractivity contribution in [2.45, 2.75) is 64.9 Å². The number of likely N-dealkylation sites (tertiary alicyclic amines) is 1. The van der Waals surface area contributed by atoms with Crippen molar-refractivity contribution in [2.24, 2.45) is 11.3 Å². The number of ether oxygens (including phenoxy) is 1. The summed E-state index contributed by atoms with van der Waals surface area (Å²) in [6, 6.07) is 0. The maximum atomic E-state index is 12.1. The second-order valence-corrected chi connectivity index (χ2v) is 6.91. The van der Waals surface area contributed by atoms with Gasteiger partial charge in [-0.15, -0.1) is 0 Å². The van der Waals surface area contributed by atoms with Crippen molar-refractivity contribution in [3.05, 3.63) is 0 Å². The first-order valence-electron chi connectivity index (χ1n) is 7.85. The largest absolute Gasteiger partial charge is 0.381 e. The summed E-state index contributed by atoms with van der Waals surface area (Å²) in [4.78, 5) is 14.2. The SMILES string of the molecule is COC1CCC2(CC1)CCN(C(=O)CC(C)C)CC2. The summed E-state index contributed by atoms with van der Waals surface area (Å²) in [7, 11) is 1.83. The van der Waals surface area contributed by atoms with Crippen LogP contribution in [-0.2, 0) is 9.53 Å². The molecule has 2 fully saturated rings. The van der Waals surface area contributed by atoms with E-state index in [0.29, 0.717) is 29.8 Å². The fourth-order valence-electron chi connectivity index (χ4n) is 3.65. The van der Waals surface area contributed by atoms with Gasteiger partial charge in [0.25, 0.3) is 0 Å². The fraction of sp³-hybridized carbons (Fsp3) is 0.938. The van der Waals surface area contributed by atoms with Crippen LogP contribution in [0.4, 0.5) is 0 Å². The Kier molecular flexibility index (Phi) is 4.88. The minimum absolute atomic E-state index is 0.357. The highest BCUT2D eigenvalue weighted by atomic mass is 16.5. The molecule has 1 aliphatic heterocycles. The van der Waals surface area contributed by atoms with E-state index >= 15 is 0 Å². The number of amides is 1. The number of piperidine rings is 1. The minimum Gasteiger partial charge on any atom is -0.381 e. The third kappa shape index (κ3) is 3.71. The molecule has 2 aliphatic rings. The number of rotatable bonds is 3. The Morgan fingerprint density at radius 1 is 1.21 bits per heavy atom. The summed E-state index contributed by atoms with van der Waals surface area (Å²) in [5, 5.41) is 0. The van der Waals surface area contributed by atoms with Gasteiger partial charge in [-0.1, -0.05) is 13.8 Å². The molecule has 1 heterocycles. The van der Waals surface area contributed by atoms with E-state index in [2.05, 4.69) is 18.7 Å². The number of hydrogen-bond donors (Lipinski definition) is 0. The Bertz CT molecular complexity index is 296. The van der Waals surface area contributed by atoms with Gasteiger partial charge < -0.3 is 9.64 Å². The minimum atomic E-state index is 0.357. The monoisotopic (exact) mass is 267 g/mol. The van der Waals surface area contributed by atoms with Crippen LogP contribution in [0.5, 0.6) is 0 Å². The predicted octanol–water partition coefficient (Wildman–Crippen LogP) is 3.23. The lowest BCUT2D eigenvalue weighted by Crippen LogP contribution is -2.45. The molecular weight excluding hydrogens is 238 g/mol. The van der Waals surface area contributed by atoms with Crippen LogP contribution in [0.3, 0.4) is 0 Å². The number of nitrogens with zero attached hydrogens (tertiary/aromatic N) is 1. The van der Waals surface area contributed by atoms with Gasteiger partial charge in [0.05, 0.1) is 6.10 Å². The van der Waals surface area contributed by atoms with E-state index in [4.69, 9.17) is 4.74 Å². The van der Waals surface area contributed by atoms with Crippen LogP contribution in [0.1, 0.15) is 58.8 Å². The van der Waals surface area contributed by atoms with Crippen LogP contribution in [0.2, 0.25) is 0 Å². The third-order valence-electron chi connectivity index (χ3n) is 5.09. The first-order chi connectivity index (χ1) is 9.04. The zero-order chi connectivity index (χ0) is 13.9. The standard InChI is InChI=1S/C16H29NO2/c1-13(2)12-15(18)17-10-8-16(9-11-17)6-4-14(19-3)5-7-16/h13-14H,4-12H2,1-3H3. The summed E-state index contributed by atoms with van der Waals surface area (Å²) >= 11 is 0. The molecule has 0 radical (unpaired) electrons. The zero-order valence-electron chi connectivity index (χ0n) is 12.8. The van der Waals surface area contributed by atoms with Crippen molar-refractivity contribution in [1.29, 1.82) is 0 Å². The number of carbonyl (C=O) groups is 1. The molecule has 19 heavy (non-hydrogen) atoms. The molecule has 1 saturated carbocycles. The molecule has 0 atom stereocenters. The summed E-state index contributed by atoms with van der Waals surface area (Å²) in [5.41, 5.74) is 0.518. The van der Waals surface area contributed by atoms with Crippen molar-refractivity contribution in [1.82, 2.24) is 4.90 Å². The molecule has 0 bridgehead atoms. The van der Waals surface area contributed by atoms with Crippen LogP contribution in [0, 0.1) is 11.3 Å². The fourth-order valence-corrected chi connectivity index (χ4v) is 3.65. The van der Waals surface area contributed by atoms with Gasteiger partial charge in [0.1, 0.15) is 0 Å². The van der Waals surface area contributed by atoms with Crippen molar-refractivity contribution < 1.29 is 9.53 Å². The molecule has 110 valence electrons. The molecule has 1 aliphatic carbocycles. The van der Waals surface area contributed by atoms with Gasteiger partial charge in [0.2, 0.25) is 5.91 Å². The average Bonchev–Trinajstić information content (AvgIpc) is 2.40. The van der Waals surface area contributed by atoms with Crippen LogP contribution >= 0.6 is 0 Å². The molecule has 3 heteroatoms. The zero-order valence-corrected chi connectivity index (χ0v) is 12.8. The molecule has 0 aromatic heterocycles. The Morgan fingerprint density at radius 3 is 2.26 bits per heavy atom. The van der Waals surface area contributed by atoms with Crippen LogP contribution < -0.4 is 0 Å². The second kappa shape index (κ2) is 6.25. The maximum absolute atomic E-state index is 12.1. The Morgan fingerprint density at radius 2 is 1.79 bits per heavy atom. The molecular formula is C16H29NO2. The van der Waals surface area contributed by atoms with Gasteiger partial charge in [0, 0.05) is 26.6 Å². The van der Waals surface area contributed by atoms with Crippen LogP contribution in [0.15, 0.2) is 0 Å². The molecule has 1 spiro atoms. The molecule has 1 saturated heterocycles. The van der Waals surface area contributed by atoms with E-state index in [-0.39, 0.29) is 0 Å². The van der Waals surface area contributed by atoms with Gasteiger partial charge in [-0.05, 0) is 49.9 Å². The van der Waals surface area contributed by atoms with E-state index < -0.39 is 0 Å². The van der Waals surface area contributed by atoms with Crippen LogP contribution in [0.25, 0.3) is 0 Å². The second-order valence-electron chi connectivity index (χ2n) is 6.91. The summed E-state index contributed by atoms with van der Waals surface area (Å²) in [5.74, 6) is 0.830. The number of methoxy groups -OCH3 is 1. The van der Waals surface area contributed by atoms with E-state index in [9.17, 15) is 4.79 Å². The molecule has 1 amide bonds. The lowest BCUT2D eigenvalue weighted by molar-refractivity contribution is -0.135. The van der Waals surface area contributed by atoms with Gasteiger partial charge in [-0.25, -0.2) is 0 Å². The summed E-state index contributed by atoms with van der Waals surface area (Å²) in [6.45, 7) is 6.19. The normalized spacial score (nSPS) is 24.1. The highest BCUT2D eigenvalue weighted by Crippen LogP contribution is 2.45.